The van der Waals surface area contributed by atoms with Crippen LogP contribution in [0.4, 0.5) is 22.0 Å². The van der Waals surface area contributed by atoms with Gasteiger partial charge in [-0.05, 0) is 11.8 Å². The maximum atomic E-state index is 12.5. The first-order valence-electron chi connectivity index (χ1n) is 5.01. The highest BCUT2D eigenvalue weighted by molar-refractivity contribution is 5.70. The van der Waals surface area contributed by atoms with Crippen LogP contribution in [0.25, 0.3) is 0 Å². The molecule has 17 heavy (non-hydrogen) atoms. The van der Waals surface area contributed by atoms with Gasteiger partial charge in [0.25, 0.3) is 0 Å². The Bertz CT molecular complexity index is 270. The number of hydrogen-bond acceptors (Lipinski definition) is 2. The van der Waals surface area contributed by atoms with Gasteiger partial charge in [0.05, 0.1) is 6.61 Å². The lowest BCUT2D eigenvalue weighted by atomic mass is 9.92. The molecule has 102 valence electrons. The summed E-state index contributed by atoms with van der Waals surface area (Å²) in [5.41, 5.74) is -0.441. The molecule has 0 aromatic heterocycles. The van der Waals surface area contributed by atoms with Gasteiger partial charge >= 0.3 is 18.1 Å². The Kier molecular flexibility index (Phi) is 4.91. The molecule has 0 aliphatic rings. The standard InChI is InChI=1S/C10H15F5O2/c1-4-8(2,3)6-17-7(16)5-9(11,12)10(13,14)15/h4-6H2,1-3H3. The predicted octanol–water partition coefficient (Wildman–Crippen LogP) is 3.55. The first kappa shape index (κ1) is 16.1. The molecular formula is C10H15F5O2. The molecule has 0 rings (SSSR count). The third-order valence-corrected chi connectivity index (χ3v) is 2.36. The molecule has 0 amide bonds. The van der Waals surface area contributed by atoms with E-state index in [1.165, 1.54) is 0 Å². The van der Waals surface area contributed by atoms with E-state index in [2.05, 4.69) is 4.74 Å². The molecule has 0 atom stereocenters. The van der Waals surface area contributed by atoms with Gasteiger partial charge in [0, 0.05) is 0 Å². The molecule has 0 unspecified atom stereocenters. The number of carbonyl (C=O) groups excluding carboxylic acids is 1. The zero-order valence-electron chi connectivity index (χ0n) is 9.83. The van der Waals surface area contributed by atoms with Crippen molar-refractivity contribution in [3.8, 4) is 0 Å². The summed E-state index contributed by atoms with van der Waals surface area (Å²) < 4.78 is 64.7. The summed E-state index contributed by atoms with van der Waals surface area (Å²) >= 11 is 0. The fraction of sp³-hybridized carbons (Fsp3) is 0.900. The Morgan fingerprint density at radius 1 is 1.12 bits per heavy atom. The van der Waals surface area contributed by atoms with Crippen LogP contribution in [0.2, 0.25) is 0 Å². The molecule has 0 fully saturated rings. The van der Waals surface area contributed by atoms with Crippen molar-refractivity contribution in [1.82, 2.24) is 0 Å². The quantitative estimate of drug-likeness (QED) is 0.559. The maximum absolute atomic E-state index is 12.5. The second kappa shape index (κ2) is 5.18. The first-order valence-corrected chi connectivity index (χ1v) is 5.01. The van der Waals surface area contributed by atoms with Crippen molar-refractivity contribution >= 4 is 5.97 Å². The number of alkyl halides is 5. The fourth-order valence-electron chi connectivity index (χ4n) is 0.710. The maximum Gasteiger partial charge on any atom is 0.453 e. The molecule has 0 aliphatic carbocycles. The van der Waals surface area contributed by atoms with Crippen LogP contribution in [0.15, 0.2) is 0 Å². The van der Waals surface area contributed by atoms with Crippen molar-refractivity contribution in [3.63, 3.8) is 0 Å². The van der Waals surface area contributed by atoms with Crippen molar-refractivity contribution in [2.75, 3.05) is 6.61 Å². The molecule has 0 N–H and O–H groups in total. The third kappa shape index (κ3) is 5.32. The lowest BCUT2D eigenvalue weighted by molar-refractivity contribution is -0.284. The molecule has 0 spiro atoms. The molecule has 0 saturated carbocycles. The highest BCUT2D eigenvalue weighted by atomic mass is 19.4. The molecule has 0 bridgehead atoms. The van der Waals surface area contributed by atoms with Crippen LogP contribution in [-0.4, -0.2) is 24.7 Å². The van der Waals surface area contributed by atoms with Gasteiger partial charge in [0.1, 0.15) is 6.42 Å². The van der Waals surface area contributed by atoms with Gasteiger partial charge in [0.2, 0.25) is 0 Å². The highest BCUT2D eigenvalue weighted by Gasteiger charge is 2.58. The summed E-state index contributed by atoms with van der Waals surface area (Å²) in [6.45, 7) is 5.03. The molecule has 2 nitrogen and oxygen atoms in total. The smallest absolute Gasteiger partial charge is 0.453 e. The summed E-state index contributed by atoms with van der Waals surface area (Å²) in [4.78, 5) is 10.9. The van der Waals surface area contributed by atoms with Crippen molar-refractivity contribution < 1.29 is 31.5 Å². The van der Waals surface area contributed by atoms with Crippen LogP contribution < -0.4 is 0 Å². The Morgan fingerprint density at radius 2 is 1.59 bits per heavy atom. The molecule has 0 saturated heterocycles. The van der Waals surface area contributed by atoms with Gasteiger partial charge in [-0.25, -0.2) is 0 Å². The number of rotatable bonds is 5. The largest absolute Gasteiger partial charge is 0.465 e. The second-order valence-electron chi connectivity index (χ2n) is 4.56. The van der Waals surface area contributed by atoms with Crippen LogP contribution in [-0.2, 0) is 9.53 Å². The fourth-order valence-corrected chi connectivity index (χ4v) is 0.710. The zero-order valence-corrected chi connectivity index (χ0v) is 9.83. The number of carbonyl (C=O) groups is 1. The van der Waals surface area contributed by atoms with E-state index in [-0.39, 0.29) is 6.61 Å². The SMILES string of the molecule is CCC(C)(C)COC(=O)CC(F)(F)C(F)(F)F. The van der Waals surface area contributed by atoms with Crippen LogP contribution in [0.5, 0.6) is 0 Å². The third-order valence-electron chi connectivity index (χ3n) is 2.36. The summed E-state index contributed by atoms with van der Waals surface area (Å²) in [6.07, 6.45) is -7.10. The summed E-state index contributed by atoms with van der Waals surface area (Å²) in [6, 6.07) is 0. The van der Waals surface area contributed by atoms with Crippen LogP contribution in [0.3, 0.4) is 0 Å². The van der Waals surface area contributed by atoms with Crippen molar-refractivity contribution in [2.24, 2.45) is 5.41 Å². The van der Waals surface area contributed by atoms with Gasteiger partial charge in [-0.2, -0.15) is 22.0 Å². The van der Waals surface area contributed by atoms with Gasteiger partial charge in [-0.1, -0.05) is 20.8 Å². The minimum absolute atomic E-state index is 0.184. The number of esters is 1. The zero-order chi connectivity index (χ0) is 13.9. The summed E-state index contributed by atoms with van der Waals surface area (Å²) in [5.74, 6) is -6.59. The van der Waals surface area contributed by atoms with E-state index < -0.39 is 29.9 Å². The number of hydrogen-bond donors (Lipinski definition) is 0. The topological polar surface area (TPSA) is 26.3 Å². The van der Waals surface area contributed by atoms with E-state index in [9.17, 15) is 26.7 Å². The Labute approximate surface area is 96.1 Å². The molecule has 0 aromatic carbocycles. The van der Waals surface area contributed by atoms with Gasteiger partial charge in [-0.3, -0.25) is 4.79 Å². The monoisotopic (exact) mass is 262 g/mol. The lowest BCUT2D eigenvalue weighted by Crippen LogP contribution is -2.39. The van der Waals surface area contributed by atoms with E-state index >= 15 is 0 Å². The lowest BCUT2D eigenvalue weighted by Gasteiger charge is -2.23. The summed E-state index contributed by atoms with van der Waals surface area (Å²) in [7, 11) is 0. The normalized spacial score (nSPS) is 13.6. The average Bonchev–Trinajstić information content (AvgIpc) is 2.12. The molecule has 0 aliphatic heterocycles. The van der Waals surface area contributed by atoms with Crippen molar-refractivity contribution in [3.05, 3.63) is 0 Å². The van der Waals surface area contributed by atoms with Crippen LogP contribution in [0, 0.1) is 5.41 Å². The molecule has 7 heteroatoms. The van der Waals surface area contributed by atoms with E-state index in [0.29, 0.717) is 6.42 Å². The Hall–Kier alpha value is -0.880. The molecular weight excluding hydrogens is 247 g/mol. The first-order chi connectivity index (χ1) is 7.41. The van der Waals surface area contributed by atoms with E-state index in [1.807, 2.05) is 0 Å². The number of ether oxygens (including phenoxy) is 1. The van der Waals surface area contributed by atoms with Crippen molar-refractivity contribution in [2.45, 2.75) is 45.7 Å². The van der Waals surface area contributed by atoms with Gasteiger partial charge in [0.15, 0.2) is 0 Å². The van der Waals surface area contributed by atoms with Crippen molar-refractivity contribution in [1.29, 1.82) is 0 Å². The van der Waals surface area contributed by atoms with E-state index in [1.54, 1.807) is 20.8 Å². The highest BCUT2D eigenvalue weighted by Crippen LogP contribution is 2.38. The van der Waals surface area contributed by atoms with E-state index in [0.717, 1.165) is 0 Å². The van der Waals surface area contributed by atoms with Crippen LogP contribution >= 0.6 is 0 Å². The molecule has 0 heterocycles. The predicted molar refractivity (Wildman–Crippen MR) is 50.7 cm³/mol. The minimum Gasteiger partial charge on any atom is -0.465 e. The number of halogens is 5. The Morgan fingerprint density at radius 3 is 1.94 bits per heavy atom. The average molecular weight is 262 g/mol. The molecule has 0 aromatic rings. The van der Waals surface area contributed by atoms with Crippen LogP contribution in [0.1, 0.15) is 33.6 Å². The minimum atomic E-state index is -5.73. The van der Waals surface area contributed by atoms with Gasteiger partial charge in [-0.15, -0.1) is 0 Å². The van der Waals surface area contributed by atoms with E-state index in [4.69, 9.17) is 0 Å². The Balaban J connectivity index is 4.30. The summed E-state index contributed by atoms with van der Waals surface area (Å²) in [5, 5.41) is 0. The molecule has 0 radical (unpaired) electrons. The van der Waals surface area contributed by atoms with Gasteiger partial charge < -0.3 is 4.74 Å². The second-order valence-corrected chi connectivity index (χ2v) is 4.56.